The minimum Gasteiger partial charge on any atom is -0.292 e. The number of nitrogens with one attached hydrogen (secondary N) is 1. The maximum Gasteiger partial charge on any atom is 0.333 e. The molecular weight excluding hydrogens is 498 g/mol. The van der Waals surface area contributed by atoms with E-state index in [4.69, 9.17) is 11.6 Å². The van der Waals surface area contributed by atoms with Gasteiger partial charge in [0.05, 0.1) is 17.3 Å². The van der Waals surface area contributed by atoms with Crippen LogP contribution < -0.4 is 5.69 Å². The van der Waals surface area contributed by atoms with Crippen LogP contribution in [0.25, 0.3) is 28.3 Å². The molecule has 0 amide bonds. The topological polar surface area (TPSA) is 94.3 Å². The van der Waals surface area contributed by atoms with Crippen molar-refractivity contribution in [1.29, 1.82) is 0 Å². The number of halogens is 1. The Kier molecular flexibility index (Phi) is 7.79. The molecule has 2 aromatic carbocycles. The number of aryl methyl sites for hydroxylation is 2. The van der Waals surface area contributed by atoms with Gasteiger partial charge in [-0.25, -0.2) is 4.79 Å². The van der Waals surface area contributed by atoms with Crippen LogP contribution in [0.2, 0.25) is 5.02 Å². The molecule has 38 heavy (non-hydrogen) atoms. The third-order valence-electron chi connectivity index (χ3n) is 6.65. The molecule has 0 bridgehead atoms. The van der Waals surface area contributed by atoms with Crippen LogP contribution in [0.3, 0.4) is 0 Å². The van der Waals surface area contributed by atoms with Gasteiger partial charge in [-0.15, -0.1) is 10.2 Å². The quantitative estimate of drug-likeness (QED) is 0.245. The van der Waals surface area contributed by atoms with Crippen molar-refractivity contribution in [2.24, 2.45) is 0 Å². The highest BCUT2D eigenvalue weighted by Crippen LogP contribution is 2.29. The lowest BCUT2D eigenvalue weighted by molar-refractivity contribution is 0.673. The summed E-state index contributed by atoms with van der Waals surface area (Å²) in [6.07, 6.45) is 8.40. The van der Waals surface area contributed by atoms with Gasteiger partial charge in [0.2, 0.25) is 5.82 Å². The fourth-order valence-corrected chi connectivity index (χ4v) is 5.05. The van der Waals surface area contributed by atoms with Crippen LogP contribution >= 0.6 is 11.6 Å². The lowest BCUT2D eigenvalue weighted by atomic mass is 10.0. The molecule has 0 saturated carbocycles. The number of para-hydroxylation sites is 1. The summed E-state index contributed by atoms with van der Waals surface area (Å²) < 4.78 is 3.61. The second-order valence-corrected chi connectivity index (χ2v) is 9.70. The maximum atomic E-state index is 13.8. The predicted octanol–water partition coefficient (Wildman–Crippen LogP) is 5.88. The third kappa shape index (κ3) is 5.17. The van der Waals surface area contributed by atoms with Crippen LogP contribution in [0.5, 0.6) is 0 Å². The highest BCUT2D eigenvalue weighted by molar-refractivity contribution is 6.32. The molecule has 0 spiro atoms. The lowest BCUT2D eigenvalue weighted by Gasteiger charge is -2.11. The number of aromatic amines is 1. The smallest absolute Gasteiger partial charge is 0.292 e. The molecular formula is C29H30ClN7O. The number of pyridine rings is 1. The Morgan fingerprint density at radius 2 is 1.82 bits per heavy atom. The summed E-state index contributed by atoms with van der Waals surface area (Å²) in [7, 11) is 0. The fourth-order valence-electron chi connectivity index (χ4n) is 4.77. The van der Waals surface area contributed by atoms with E-state index in [9.17, 15) is 4.79 Å². The number of hydrogen-bond acceptors (Lipinski definition) is 5. The average molecular weight is 528 g/mol. The van der Waals surface area contributed by atoms with Gasteiger partial charge in [-0.3, -0.25) is 14.1 Å². The van der Waals surface area contributed by atoms with E-state index >= 15 is 0 Å². The Bertz CT molecular complexity index is 1570. The van der Waals surface area contributed by atoms with E-state index in [2.05, 4.69) is 45.5 Å². The monoisotopic (exact) mass is 527 g/mol. The number of rotatable bonds is 10. The normalized spacial score (nSPS) is 11.2. The minimum absolute atomic E-state index is 0.0720. The number of benzene rings is 2. The van der Waals surface area contributed by atoms with Crippen LogP contribution in [0, 0.1) is 0 Å². The van der Waals surface area contributed by atoms with Crippen molar-refractivity contribution in [3.05, 3.63) is 99.3 Å². The molecule has 5 rings (SSSR count). The van der Waals surface area contributed by atoms with Crippen molar-refractivity contribution in [3.8, 4) is 28.3 Å². The molecule has 0 fully saturated rings. The molecule has 5 aromatic rings. The molecule has 3 heterocycles. The Labute approximate surface area is 226 Å². The van der Waals surface area contributed by atoms with Gasteiger partial charge in [-0.05, 0) is 53.3 Å². The molecule has 3 aromatic heterocycles. The predicted molar refractivity (Wildman–Crippen MR) is 150 cm³/mol. The van der Waals surface area contributed by atoms with Crippen molar-refractivity contribution in [2.45, 2.75) is 52.5 Å². The van der Waals surface area contributed by atoms with Gasteiger partial charge < -0.3 is 0 Å². The maximum absolute atomic E-state index is 13.8. The number of unbranched alkanes of at least 4 members (excludes halogenated alkanes) is 1. The number of tetrazole rings is 1. The van der Waals surface area contributed by atoms with Gasteiger partial charge in [-0.1, -0.05) is 80.8 Å². The van der Waals surface area contributed by atoms with Gasteiger partial charge in [0.15, 0.2) is 0 Å². The Hall–Kier alpha value is -4.04. The van der Waals surface area contributed by atoms with E-state index in [1.807, 2.05) is 59.3 Å². The average Bonchev–Trinajstić information content (AvgIpc) is 3.58. The summed E-state index contributed by atoms with van der Waals surface area (Å²) in [5.74, 6) is 0.445. The van der Waals surface area contributed by atoms with E-state index in [1.165, 1.54) is 0 Å². The standard InChI is InChI=1S/C29H30ClN7O/c1-3-5-10-23-19-37(27-22(8-4-2)9-6-12-25(27)30)29(38)36(23)18-20-13-15-21(16-14-20)24-11-7-17-31-26(24)28-32-34-35-33-28/h6-7,9,11-17,19H,3-5,8,10,18H2,1-2H3,(H,32,33,34,35). The SMILES string of the molecule is CCCCc1cn(-c2c(Cl)cccc2CCC)c(=O)n1Cc1ccc(-c2cccnc2-c2nn[nH]n2)cc1. The van der Waals surface area contributed by atoms with Crippen molar-refractivity contribution in [3.63, 3.8) is 0 Å². The second-order valence-electron chi connectivity index (χ2n) is 9.29. The molecule has 0 radical (unpaired) electrons. The Morgan fingerprint density at radius 1 is 0.974 bits per heavy atom. The minimum atomic E-state index is -0.0720. The van der Waals surface area contributed by atoms with Crippen molar-refractivity contribution >= 4 is 11.6 Å². The molecule has 0 unspecified atom stereocenters. The molecule has 9 heteroatoms. The number of imidazole rings is 1. The Morgan fingerprint density at radius 3 is 2.55 bits per heavy atom. The molecule has 8 nitrogen and oxygen atoms in total. The molecule has 0 aliphatic rings. The van der Waals surface area contributed by atoms with Crippen molar-refractivity contribution < 1.29 is 0 Å². The van der Waals surface area contributed by atoms with Crippen molar-refractivity contribution in [1.82, 2.24) is 34.7 Å². The third-order valence-corrected chi connectivity index (χ3v) is 6.95. The van der Waals surface area contributed by atoms with Gasteiger partial charge in [0.25, 0.3) is 0 Å². The first-order valence-electron chi connectivity index (χ1n) is 13.0. The number of H-pyrrole nitrogens is 1. The van der Waals surface area contributed by atoms with Crippen molar-refractivity contribution in [2.75, 3.05) is 0 Å². The number of nitrogens with zero attached hydrogens (tertiary/aromatic N) is 6. The summed E-state index contributed by atoms with van der Waals surface area (Å²) in [6, 6.07) is 17.9. The molecule has 0 atom stereocenters. The zero-order valence-electron chi connectivity index (χ0n) is 21.6. The van der Waals surface area contributed by atoms with E-state index in [1.54, 1.807) is 10.8 Å². The fraction of sp³-hybridized carbons (Fsp3) is 0.276. The van der Waals surface area contributed by atoms with Crippen LogP contribution in [-0.4, -0.2) is 34.7 Å². The van der Waals surface area contributed by atoms with E-state index < -0.39 is 0 Å². The first-order valence-corrected chi connectivity index (χ1v) is 13.4. The summed E-state index contributed by atoms with van der Waals surface area (Å²) in [5, 5.41) is 14.9. The van der Waals surface area contributed by atoms with E-state index in [0.717, 1.165) is 65.7 Å². The largest absolute Gasteiger partial charge is 0.333 e. The molecule has 194 valence electrons. The highest BCUT2D eigenvalue weighted by Gasteiger charge is 2.18. The number of hydrogen-bond donors (Lipinski definition) is 1. The van der Waals surface area contributed by atoms with Gasteiger partial charge in [-0.2, -0.15) is 5.21 Å². The first-order chi connectivity index (χ1) is 18.6. The summed E-state index contributed by atoms with van der Waals surface area (Å²) in [5.41, 5.74) is 6.40. The summed E-state index contributed by atoms with van der Waals surface area (Å²) in [6.45, 7) is 4.77. The molecule has 0 aliphatic carbocycles. The highest BCUT2D eigenvalue weighted by atomic mass is 35.5. The van der Waals surface area contributed by atoms with Crippen LogP contribution in [-0.2, 0) is 19.4 Å². The zero-order valence-corrected chi connectivity index (χ0v) is 22.3. The second kappa shape index (κ2) is 11.6. The van der Waals surface area contributed by atoms with Gasteiger partial charge in [0, 0.05) is 23.7 Å². The summed E-state index contributed by atoms with van der Waals surface area (Å²) in [4.78, 5) is 18.2. The zero-order chi connectivity index (χ0) is 26.5. The molecule has 1 N–H and O–H groups in total. The van der Waals surface area contributed by atoms with E-state index in [0.29, 0.717) is 23.1 Å². The number of aromatic nitrogens is 7. The lowest BCUT2D eigenvalue weighted by Crippen LogP contribution is -2.25. The van der Waals surface area contributed by atoms with Gasteiger partial charge >= 0.3 is 5.69 Å². The molecule has 0 saturated heterocycles. The van der Waals surface area contributed by atoms with Crippen LogP contribution in [0.1, 0.15) is 49.9 Å². The first kappa shape index (κ1) is 25.6. The van der Waals surface area contributed by atoms with Crippen LogP contribution in [0.4, 0.5) is 0 Å². The van der Waals surface area contributed by atoms with Crippen LogP contribution in [0.15, 0.2) is 71.8 Å². The summed E-state index contributed by atoms with van der Waals surface area (Å²) >= 11 is 6.63. The van der Waals surface area contributed by atoms with E-state index in [-0.39, 0.29) is 5.69 Å². The van der Waals surface area contributed by atoms with Gasteiger partial charge in [0.1, 0.15) is 5.69 Å². The molecule has 0 aliphatic heterocycles. The Balaban J connectivity index is 1.50.